The van der Waals surface area contributed by atoms with Gasteiger partial charge in [0.15, 0.2) is 0 Å². The number of halogens is 1. The van der Waals surface area contributed by atoms with Gasteiger partial charge in [0.2, 0.25) is 5.91 Å². The lowest BCUT2D eigenvalue weighted by Gasteiger charge is -2.24. The predicted octanol–water partition coefficient (Wildman–Crippen LogP) is 2.55. The van der Waals surface area contributed by atoms with Crippen LogP contribution < -0.4 is 0 Å². The Balaban J connectivity index is 2.76. The van der Waals surface area contributed by atoms with Gasteiger partial charge in [-0.25, -0.2) is 4.39 Å². The van der Waals surface area contributed by atoms with E-state index in [2.05, 4.69) is 0 Å². The zero-order valence-electron chi connectivity index (χ0n) is 11.5. The molecule has 1 rings (SSSR count). The van der Waals surface area contributed by atoms with Gasteiger partial charge >= 0.3 is 5.97 Å². The molecule has 20 heavy (non-hydrogen) atoms. The van der Waals surface area contributed by atoms with Gasteiger partial charge in [-0.1, -0.05) is 18.2 Å². The Morgan fingerprint density at radius 2 is 2.00 bits per heavy atom. The van der Waals surface area contributed by atoms with Crippen LogP contribution >= 0.6 is 0 Å². The number of benzene rings is 1. The molecule has 0 aliphatic carbocycles. The molecule has 0 aromatic heterocycles. The van der Waals surface area contributed by atoms with Gasteiger partial charge in [-0.3, -0.25) is 9.59 Å². The van der Waals surface area contributed by atoms with Crippen LogP contribution in [0.5, 0.6) is 0 Å². The number of carbonyl (C=O) groups excluding carboxylic acids is 1. The van der Waals surface area contributed by atoms with Crippen molar-refractivity contribution in [3.63, 3.8) is 0 Å². The van der Waals surface area contributed by atoms with E-state index in [1.54, 1.807) is 32.0 Å². The van der Waals surface area contributed by atoms with Crippen molar-refractivity contribution in [2.24, 2.45) is 0 Å². The van der Waals surface area contributed by atoms with Crippen LogP contribution in [0.4, 0.5) is 4.39 Å². The lowest BCUT2D eigenvalue weighted by atomic mass is 10.2. The van der Waals surface area contributed by atoms with E-state index in [0.29, 0.717) is 5.56 Å². The summed E-state index contributed by atoms with van der Waals surface area (Å²) in [5.41, 5.74) is 0.322. The topological polar surface area (TPSA) is 57.6 Å². The van der Waals surface area contributed by atoms with Crippen LogP contribution in [-0.4, -0.2) is 34.5 Å². The fourth-order valence-corrected chi connectivity index (χ4v) is 1.71. The highest BCUT2D eigenvalue weighted by atomic mass is 19.1. The first-order valence-electron chi connectivity index (χ1n) is 6.37. The molecule has 108 valence electrons. The Kier molecular flexibility index (Phi) is 5.90. The highest BCUT2D eigenvalue weighted by Gasteiger charge is 2.15. The molecular weight excluding hydrogens is 261 g/mol. The molecule has 0 saturated heterocycles. The first-order valence-corrected chi connectivity index (χ1v) is 6.37. The van der Waals surface area contributed by atoms with Crippen LogP contribution in [-0.2, 0) is 9.59 Å². The van der Waals surface area contributed by atoms with Crippen molar-refractivity contribution >= 4 is 18.0 Å². The van der Waals surface area contributed by atoms with Crippen LogP contribution in [0.15, 0.2) is 30.3 Å². The fourth-order valence-electron chi connectivity index (χ4n) is 1.71. The molecular formula is C15H18FNO3. The van der Waals surface area contributed by atoms with Crippen LogP contribution in [0.25, 0.3) is 6.08 Å². The first-order chi connectivity index (χ1) is 9.41. The average molecular weight is 279 g/mol. The molecule has 0 fully saturated rings. The molecule has 1 aromatic rings. The number of carbonyl (C=O) groups is 2. The number of hydrogen-bond acceptors (Lipinski definition) is 2. The standard InChI is InChI=1S/C15H18FNO3/c1-11(2)17(10-9-15(19)20)14(18)8-7-12-5-3-4-6-13(12)16/h3-8,11H,9-10H2,1-2H3,(H,19,20)/b8-7+. The summed E-state index contributed by atoms with van der Waals surface area (Å²) in [7, 11) is 0. The summed E-state index contributed by atoms with van der Waals surface area (Å²) in [4.78, 5) is 24.0. The van der Waals surface area contributed by atoms with E-state index >= 15 is 0 Å². The van der Waals surface area contributed by atoms with E-state index in [9.17, 15) is 14.0 Å². The SMILES string of the molecule is CC(C)N(CCC(=O)O)C(=O)/C=C/c1ccccc1F. The highest BCUT2D eigenvalue weighted by molar-refractivity contribution is 5.92. The largest absolute Gasteiger partial charge is 0.481 e. The minimum atomic E-state index is -0.957. The van der Waals surface area contributed by atoms with E-state index in [-0.39, 0.29) is 24.9 Å². The van der Waals surface area contributed by atoms with Crippen molar-refractivity contribution < 1.29 is 19.1 Å². The van der Waals surface area contributed by atoms with Crippen LogP contribution in [0.1, 0.15) is 25.8 Å². The molecule has 0 heterocycles. The second kappa shape index (κ2) is 7.43. The number of aliphatic carboxylic acids is 1. The first kappa shape index (κ1) is 15.9. The number of amides is 1. The van der Waals surface area contributed by atoms with Gasteiger partial charge in [-0.2, -0.15) is 0 Å². The summed E-state index contributed by atoms with van der Waals surface area (Å²) in [6, 6.07) is 6.01. The molecule has 0 aliphatic rings. The molecule has 1 amide bonds. The number of carboxylic acid groups (broad SMARTS) is 1. The van der Waals surface area contributed by atoms with E-state index in [1.807, 2.05) is 0 Å². The predicted molar refractivity (Wildman–Crippen MR) is 74.5 cm³/mol. The number of carboxylic acids is 1. The second-order valence-corrected chi connectivity index (χ2v) is 4.62. The Labute approximate surface area is 117 Å². The summed E-state index contributed by atoms with van der Waals surface area (Å²) in [5, 5.41) is 8.66. The van der Waals surface area contributed by atoms with Crippen LogP contribution in [0.3, 0.4) is 0 Å². The molecule has 0 bridgehead atoms. The Morgan fingerprint density at radius 3 is 2.55 bits per heavy atom. The monoisotopic (exact) mass is 279 g/mol. The van der Waals surface area contributed by atoms with Gasteiger partial charge in [-0.15, -0.1) is 0 Å². The summed E-state index contributed by atoms with van der Waals surface area (Å²) in [6.45, 7) is 3.74. The van der Waals surface area contributed by atoms with Crippen molar-refractivity contribution in [3.05, 3.63) is 41.7 Å². The number of rotatable bonds is 6. The Morgan fingerprint density at radius 1 is 1.35 bits per heavy atom. The van der Waals surface area contributed by atoms with Gasteiger partial charge in [0, 0.05) is 24.2 Å². The maximum atomic E-state index is 13.4. The summed E-state index contributed by atoms with van der Waals surface area (Å²) in [5.74, 6) is -1.69. The van der Waals surface area contributed by atoms with Gasteiger partial charge in [0.25, 0.3) is 0 Å². The molecule has 1 aromatic carbocycles. The minimum absolute atomic E-state index is 0.114. The van der Waals surface area contributed by atoms with Gasteiger partial charge in [0.05, 0.1) is 6.42 Å². The average Bonchev–Trinajstić information content (AvgIpc) is 2.37. The maximum absolute atomic E-state index is 13.4. The third-order valence-electron chi connectivity index (χ3n) is 2.78. The quantitative estimate of drug-likeness (QED) is 0.814. The van der Waals surface area contributed by atoms with Crippen molar-refractivity contribution in [3.8, 4) is 0 Å². The number of hydrogen-bond donors (Lipinski definition) is 1. The van der Waals surface area contributed by atoms with E-state index in [4.69, 9.17) is 5.11 Å². The number of nitrogens with zero attached hydrogens (tertiary/aromatic N) is 1. The van der Waals surface area contributed by atoms with Crippen molar-refractivity contribution in [1.82, 2.24) is 4.90 Å². The van der Waals surface area contributed by atoms with Crippen LogP contribution in [0.2, 0.25) is 0 Å². The molecule has 1 N–H and O–H groups in total. The maximum Gasteiger partial charge on any atom is 0.305 e. The van der Waals surface area contributed by atoms with Crippen molar-refractivity contribution in [1.29, 1.82) is 0 Å². The lowest BCUT2D eigenvalue weighted by molar-refractivity contribution is -0.138. The molecule has 5 heteroatoms. The molecule has 0 atom stereocenters. The van der Waals surface area contributed by atoms with E-state index in [0.717, 1.165) is 0 Å². The van der Waals surface area contributed by atoms with Crippen LogP contribution in [0, 0.1) is 5.82 Å². The smallest absolute Gasteiger partial charge is 0.305 e. The highest BCUT2D eigenvalue weighted by Crippen LogP contribution is 2.09. The summed E-state index contributed by atoms with van der Waals surface area (Å²) in [6.07, 6.45) is 2.55. The summed E-state index contributed by atoms with van der Waals surface area (Å²) < 4.78 is 13.4. The minimum Gasteiger partial charge on any atom is -0.481 e. The molecule has 4 nitrogen and oxygen atoms in total. The Bertz CT molecular complexity index is 512. The van der Waals surface area contributed by atoms with E-state index < -0.39 is 11.8 Å². The zero-order chi connectivity index (χ0) is 15.1. The molecule has 0 radical (unpaired) electrons. The molecule has 0 aliphatic heterocycles. The lowest BCUT2D eigenvalue weighted by Crippen LogP contribution is -2.37. The zero-order valence-corrected chi connectivity index (χ0v) is 11.5. The van der Waals surface area contributed by atoms with E-state index in [1.165, 1.54) is 23.1 Å². The fraction of sp³-hybridized carbons (Fsp3) is 0.333. The third kappa shape index (κ3) is 4.84. The second-order valence-electron chi connectivity index (χ2n) is 4.62. The van der Waals surface area contributed by atoms with Crippen molar-refractivity contribution in [2.45, 2.75) is 26.3 Å². The van der Waals surface area contributed by atoms with Gasteiger partial charge in [-0.05, 0) is 26.0 Å². The molecule has 0 saturated carbocycles. The Hall–Kier alpha value is -2.17. The normalized spacial score (nSPS) is 11.0. The van der Waals surface area contributed by atoms with Crippen molar-refractivity contribution in [2.75, 3.05) is 6.54 Å². The molecule has 0 spiro atoms. The molecule has 0 unspecified atom stereocenters. The summed E-state index contributed by atoms with van der Waals surface area (Å²) >= 11 is 0. The third-order valence-corrected chi connectivity index (χ3v) is 2.78. The van der Waals surface area contributed by atoms with Gasteiger partial charge in [0.1, 0.15) is 5.82 Å². The van der Waals surface area contributed by atoms with Gasteiger partial charge < -0.3 is 10.0 Å².